The van der Waals surface area contributed by atoms with Gasteiger partial charge in [-0.25, -0.2) is 0 Å². The van der Waals surface area contributed by atoms with Gasteiger partial charge in [-0.05, 0) is 25.2 Å². The maximum Gasteiger partial charge on any atom is 0.0202 e. The van der Waals surface area contributed by atoms with Crippen molar-refractivity contribution < 1.29 is 0 Å². The summed E-state index contributed by atoms with van der Waals surface area (Å²) >= 11 is 0. The topological polar surface area (TPSA) is 0 Å². The van der Waals surface area contributed by atoms with Crippen LogP contribution in [-0.2, 0) is 0 Å². The summed E-state index contributed by atoms with van der Waals surface area (Å²) in [7, 11) is 0. The molecular weight excluding hydrogens is 132 g/mol. The van der Waals surface area contributed by atoms with E-state index < -0.39 is 0 Å². The minimum atomic E-state index is 0.626. The molecule has 1 aliphatic rings. The lowest BCUT2D eigenvalue weighted by Gasteiger charge is -2.12. The molecule has 0 amide bonds. The molecule has 0 bridgehead atoms. The zero-order chi connectivity index (χ0) is 8.27. The lowest BCUT2D eigenvalue weighted by Crippen LogP contribution is -2.03. The smallest absolute Gasteiger partial charge is 0.0202 e. The molecule has 0 saturated heterocycles. The zero-order valence-electron chi connectivity index (χ0n) is 7.85. The molecule has 0 nitrogen and oxygen atoms in total. The van der Waals surface area contributed by atoms with Crippen molar-refractivity contribution in [3.8, 4) is 11.8 Å². The van der Waals surface area contributed by atoms with Crippen molar-refractivity contribution in [3.05, 3.63) is 0 Å². The minimum absolute atomic E-state index is 0.626. The first-order valence-corrected chi connectivity index (χ1v) is 4.73. The molecule has 0 heteroatoms. The predicted molar refractivity (Wildman–Crippen MR) is 49.1 cm³/mol. The van der Waals surface area contributed by atoms with E-state index in [0.29, 0.717) is 11.8 Å². The summed E-state index contributed by atoms with van der Waals surface area (Å²) in [5, 5.41) is 0. The van der Waals surface area contributed by atoms with E-state index in [-0.39, 0.29) is 0 Å². The highest BCUT2D eigenvalue weighted by Gasteiger charge is 2.14. The maximum atomic E-state index is 3.36. The Kier molecular flexibility index (Phi) is 3.00. The van der Waals surface area contributed by atoms with Gasteiger partial charge < -0.3 is 0 Å². The van der Waals surface area contributed by atoms with Gasteiger partial charge in [-0.15, -0.1) is 0 Å². The van der Waals surface area contributed by atoms with Crippen molar-refractivity contribution >= 4 is 0 Å². The monoisotopic (exact) mass is 150 g/mol. The maximum absolute atomic E-state index is 3.36. The largest absolute Gasteiger partial charge is 0.0999 e. The van der Waals surface area contributed by atoms with E-state index >= 15 is 0 Å². The molecule has 0 saturated carbocycles. The SMILES string of the molecule is CCC1C#C[C@H](C)C[C@H](C)C1. The lowest BCUT2D eigenvalue weighted by atomic mass is 9.92. The van der Waals surface area contributed by atoms with E-state index in [1.54, 1.807) is 0 Å². The predicted octanol–water partition coefficient (Wildman–Crippen LogP) is 3.08. The second-order valence-corrected chi connectivity index (χ2v) is 3.87. The molecule has 62 valence electrons. The van der Waals surface area contributed by atoms with Crippen molar-refractivity contribution in [1.29, 1.82) is 0 Å². The van der Waals surface area contributed by atoms with Gasteiger partial charge in [0.05, 0.1) is 0 Å². The van der Waals surface area contributed by atoms with Gasteiger partial charge in [-0.2, -0.15) is 0 Å². The van der Waals surface area contributed by atoms with Crippen molar-refractivity contribution in [2.45, 2.75) is 40.0 Å². The molecule has 0 aromatic carbocycles. The third-order valence-corrected chi connectivity index (χ3v) is 2.47. The Morgan fingerprint density at radius 1 is 1.18 bits per heavy atom. The Balaban J connectivity index is 2.57. The zero-order valence-corrected chi connectivity index (χ0v) is 7.85. The molecule has 0 aromatic rings. The van der Waals surface area contributed by atoms with Gasteiger partial charge in [-0.3, -0.25) is 0 Å². The van der Waals surface area contributed by atoms with Crippen LogP contribution in [0.15, 0.2) is 0 Å². The Labute approximate surface area is 70.4 Å². The fourth-order valence-electron chi connectivity index (χ4n) is 1.83. The highest BCUT2D eigenvalue weighted by molar-refractivity contribution is 5.08. The van der Waals surface area contributed by atoms with Crippen molar-refractivity contribution in [3.63, 3.8) is 0 Å². The van der Waals surface area contributed by atoms with E-state index in [1.807, 2.05) is 0 Å². The summed E-state index contributed by atoms with van der Waals surface area (Å²) in [5.41, 5.74) is 0. The minimum Gasteiger partial charge on any atom is -0.0999 e. The van der Waals surface area contributed by atoms with E-state index in [1.165, 1.54) is 19.3 Å². The Morgan fingerprint density at radius 2 is 1.91 bits per heavy atom. The fourth-order valence-corrected chi connectivity index (χ4v) is 1.83. The molecule has 0 radical (unpaired) electrons. The standard InChI is InChI=1S/C11H18/c1-4-11-6-5-9(2)7-10(3)8-11/h9-11H,4,7-8H2,1-3H3/t9-,10-,11?/m0/s1. The molecule has 1 aliphatic carbocycles. The number of hydrogen-bond donors (Lipinski definition) is 0. The van der Waals surface area contributed by atoms with Crippen LogP contribution in [0.5, 0.6) is 0 Å². The quantitative estimate of drug-likeness (QED) is 0.504. The van der Waals surface area contributed by atoms with Gasteiger partial charge in [0.1, 0.15) is 0 Å². The molecule has 1 rings (SSSR count). The second-order valence-electron chi connectivity index (χ2n) is 3.87. The molecule has 0 heterocycles. The first kappa shape index (κ1) is 8.65. The number of rotatable bonds is 1. The molecule has 0 aromatic heterocycles. The molecule has 1 unspecified atom stereocenters. The summed E-state index contributed by atoms with van der Waals surface area (Å²) < 4.78 is 0. The van der Waals surface area contributed by atoms with Crippen LogP contribution in [0, 0.1) is 29.6 Å². The van der Waals surface area contributed by atoms with Crippen LogP contribution in [0.2, 0.25) is 0 Å². The third-order valence-electron chi connectivity index (χ3n) is 2.47. The van der Waals surface area contributed by atoms with E-state index in [0.717, 1.165) is 5.92 Å². The Bertz CT molecular complexity index is 170. The molecule has 0 spiro atoms. The molecule has 3 atom stereocenters. The van der Waals surface area contributed by atoms with Crippen molar-refractivity contribution in [2.75, 3.05) is 0 Å². The van der Waals surface area contributed by atoms with E-state index in [4.69, 9.17) is 0 Å². The van der Waals surface area contributed by atoms with Crippen molar-refractivity contribution in [2.24, 2.45) is 17.8 Å². The lowest BCUT2D eigenvalue weighted by molar-refractivity contribution is 0.404. The van der Waals surface area contributed by atoms with Gasteiger partial charge >= 0.3 is 0 Å². The first-order chi connectivity index (χ1) is 5.22. The van der Waals surface area contributed by atoms with E-state index in [2.05, 4.69) is 32.6 Å². The van der Waals surface area contributed by atoms with Crippen LogP contribution < -0.4 is 0 Å². The normalized spacial score (nSPS) is 37.2. The molecule has 0 fully saturated rings. The molecule has 11 heavy (non-hydrogen) atoms. The summed E-state index contributed by atoms with van der Waals surface area (Å²) in [6.45, 7) is 6.82. The molecule has 0 aliphatic heterocycles. The van der Waals surface area contributed by atoms with Crippen LogP contribution in [0.3, 0.4) is 0 Å². The highest BCUT2D eigenvalue weighted by atomic mass is 14.2. The summed E-state index contributed by atoms with van der Waals surface area (Å²) in [5.74, 6) is 8.85. The molecular formula is C11H18. The number of hydrogen-bond acceptors (Lipinski definition) is 0. The fraction of sp³-hybridized carbons (Fsp3) is 0.818. The summed E-state index contributed by atoms with van der Waals surface area (Å²) in [6.07, 6.45) is 3.83. The Hall–Kier alpha value is -0.440. The van der Waals surface area contributed by atoms with Crippen LogP contribution in [0.4, 0.5) is 0 Å². The summed E-state index contributed by atoms with van der Waals surface area (Å²) in [6, 6.07) is 0. The Morgan fingerprint density at radius 3 is 2.55 bits per heavy atom. The van der Waals surface area contributed by atoms with E-state index in [9.17, 15) is 0 Å². The first-order valence-electron chi connectivity index (χ1n) is 4.73. The second kappa shape index (κ2) is 3.81. The van der Waals surface area contributed by atoms with Crippen LogP contribution in [-0.4, -0.2) is 0 Å². The molecule has 0 N–H and O–H groups in total. The van der Waals surface area contributed by atoms with Crippen molar-refractivity contribution in [1.82, 2.24) is 0 Å². The highest BCUT2D eigenvalue weighted by Crippen LogP contribution is 2.23. The van der Waals surface area contributed by atoms with Crippen LogP contribution in [0.1, 0.15) is 40.0 Å². The van der Waals surface area contributed by atoms with Gasteiger partial charge in [0.25, 0.3) is 0 Å². The van der Waals surface area contributed by atoms with Gasteiger partial charge in [0.15, 0.2) is 0 Å². The average molecular weight is 150 g/mol. The third kappa shape index (κ3) is 2.58. The van der Waals surface area contributed by atoms with Gasteiger partial charge in [0.2, 0.25) is 0 Å². The van der Waals surface area contributed by atoms with Crippen LogP contribution >= 0.6 is 0 Å². The van der Waals surface area contributed by atoms with Gasteiger partial charge in [0, 0.05) is 11.8 Å². The van der Waals surface area contributed by atoms with Gasteiger partial charge in [-0.1, -0.05) is 32.6 Å². The average Bonchev–Trinajstić information content (AvgIpc) is 2.11. The summed E-state index contributed by atoms with van der Waals surface area (Å²) in [4.78, 5) is 0. The van der Waals surface area contributed by atoms with Crippen LogP contribution in [0.25, 0.3) is 0 Å².